The van der Waals surface area contributed by atoms with E-state index in [1.165, 1.54) is 4.90 Å². The standard InChI is InChI=1S/C33H42BrN3O4S/c1-24(2)21-35-32(39)30(20-25-11-8-7-9-12-25)36(22-26-13-10-14-28(34)19-26)31(38)23-37(42(6,40)41)29-17-15-27(16-18-29)33(3,4)5/h7-19,24,30H,20-23H2,1-6H3,(H,35,39)/t30-/m0/s1. The molecule has 7 nitrogen and oxygen atoms in total. The van der Waals surface area contributed by atoms with Crippen LogP contribution in [0, 0.1) is 5.92 Å². The lowest BCUT2D eigenvalue weighted by Gasteiger charge is -2.34. The Kier molecular flexibility index (Phi) is 11.4. The van der Waals surface area contributed by atoms with Crippen LogP contribution < -0.4 is 9.62 Å². The molecule has 1 atom stereocenters. The fourth-order valence-electron chi connectivity index (χ4n) is 4.55. The van der Waals surface area contributed by atoms with Crippen LogP contribution >= 0.6 is 15.9 Å². The van der Waals surface area contributed by atoms with Crippen molar-refractivity contribution < 1.29 is 18.0 Å². The van der Waals surface area contributed by atoms with Crippen LogP contribution in [0.1, 0.15) is 51.3 Å². The minimum absolute atomic E-state index is 0.112. The summed E-state index contributed by atoms with van der Waals surface area (Å²) in [6.45, 7) is 10.4. The molecule has 3 rings (SSSR count). The van der Waals surface area contributed by atoms with Crippen LogP contribution in [0.4, 0.5) is 5.69 Å². The van der Waals surface area contributed by atoms with E-state index in [-0.39, 0.29) is 30.2 Å². The normalized spacial score (nSPS) is 12.6. The average Bonchev–Trinajstić information content (AvgIpc) is 2.91. The summed E-state index contributed by atoms with van der Waals surface area (Å²) in [4.78, 5) is 29.4. The third kappa shape index (κ3) is 9.70. The number of amides is 2. The number of carbonyl (C=O) groups is 2. The number of hydrogen-bond acceptors (Lipinski definition) is 4. The summed E-state index contributed by atoms with van der Waals surface area (Å²) in [5.74, 6) is -0.533. The summed E-state index contributed by atoms with van der Waals surface area (Å²) in [6, 6.07) is 23.4. The van der Waals surface area contributed by atoms with Crippen LogP contribution in [0.15, 0.2) is 83.3 Å². The molecule has 0 aromatic heterocycles. The highest BCUT2D eigenvalue weighted by atomic mass is 79.9. The van der Waals surface area contributed by atoms with Gasteiger partial charge in [0.15, 0.2) is 0 Å². The van der Waals surface area contributed by atoms with Gasteiger partial charge in [-0.25, -0.2) is 8.42 Å². The fourth-order valence-corrected chi connectivity index (χ4v) is 5.85. The lowest BCUT2D eigenvalue weighted by atomic mass is 9.87. The molecule has 0 unspecified atom stereocenters. The summed E-state index contributed by atoms with van der Waals surface area (Å²) in [5, 5.41) is 3.00. The monoisotopic (exact) mass is 655 g/mol. The van der Waals surface area contributed by atoms with E-state index in [0.717, 1.165) is 31.7 Å². The van der Waals surface area contributed by atoms with E-state index in [2.05, 4.69) is 42.0 Å². The van der Waals surface area contributed by atoms with E-state index in [4.69, 9.17) is 0 Å². The Morgan fingerprint density at radius 3 is 2.07 bits per heavy atom. The number of hydrogen-bond donors (Lipinski definition) is 1. The van der Waals surface area contributed by atoms with Crippen LogP contribution in [0.2, 0.25) is 0 Å². The van der Waals surface area contributed by atoms with Crippen molar-refractivity contribution in [3.8, 4) is 0 Å². The second-order valence-corrected chi connectivity index (χ2v) is 14.9. The molecule has 0 aliphatic heterocycles. The SMILES string of the molecule is CC(C)CNC(=O)[C@H](Cc1ccccc1)N(Cc1cccc(Br)c1)C(=O)CN(c1ccc(C(C)(C)C)cc1)S(C)(=O)=O. The zero-order valence-corrected chi connectivity index (χ0v) is 27.7. The minimum atomic E-state index is -3.82. The van der Waals surface area contributed by atoms with Crippen LogP contribution in [-0.4, -0.2) is 50.5 Å². The van der Waals surface area contributed by atoms with Crippen molar-refractivity contribution in [2.24, 2.45) is 5.92 Å². The largest absolute Gasteiger partial charge is 0.354 e. The molecular formula is C33H42BrN3O4S. The maximum absolute atomic E-state index is 14.2. The fraction of sp³-hybridized carbons (Fsp3) is 0.394. The summed E-state index contributed by atoms with van der Waals surface area (Å²) in [5.41, 5.74) is 3.04. The van der Waals surface area contributed by atoms with Gasteiger partial charge in [0.25, 0.3) is 0 Å². The molecule has 0 saturated heterocycles. The van der Waals surface area contributed by atoms with Crippen molar-refractivity contribution in [3.63, 3.8) is 0 Å². The molecule has 0 radical (unpaired) electrons. The maximum atomic E-state index is 14.2. The number of nitrogens with zero attached hydrogens (tertiary/aromatic N) is 2. The molecule has 0 aliphatic carbocycles. The molecule has 1 N–H and O–H groups in total. The van der Waals surface area contributed by atoms with Crippen LogP contribution in [-0.2, 0) is 38.0 Å². The van der Waals surface area contributed by atoms with Gasteiger partial charge in [0, 0.05) is 24.0 Å². The van der Waals surface area contributed by atoms with Gasteiger partial charge in [-0.05, 0) is 52.3 Å². The van der Waals surface area contributed by atoms with Gasteiger partial charge >= 0.3 is 0 Å². The Morgan fingerprint density at radius 1 is 0.905 bits per heavy atom. The van der Waals surface area contributed by atoms with Crippen LogP contribution in [0.5, 0.6) is 0 Å². The first-order valence-electron chi connectivity index (χ1n) is 14.1. The Balaban J connectivity index is 2.04. The number of nitrogens with one attached hydrogen (secondary N) is 1. The third-order valence-electron chi connectivity index (χ3n) is 6.90. The van der Waals surface area contributed by atoms with Crippen molar-refractivity contribution in [1.29, 1.82) is 0 Å². The van der Waals surface area contributed by atoms with Gasteiger partial charge < -0.3 is 10.2 Å². The Morgan fingerprint density at radius 2 is 1.52 bits per heavy atom. The number of halogens is 1. The summed E-state index contributed by atoms with van der Waals surface area (Å²) >= 11 is 3.50. The van der Waals surface area contributed by atoms with Crippen LogP contribution in [0.25, 0.3) is 0 Å². The lowest BCUT2D eigenvalue weighted by molar-refractivity contribution is -0.140. The number of benzene rings is 3. The molecule has 226 valence electrons. The zero-order chi connectivity index (χ0) is 31.1. The molecular weight excluding hydrogens is 614 g/mol. The van der Waals surface area contributed by atoms with E-state index >= 15 is 0 Å². The Hall–Kier alpha value is -3.17. The Bertz CT molecular complexity index is 1450. The van der Waals surface area contributed by atoms with Crippen molar-refractivity contribution in [2.45, 2.75) is 59.0 Å². The van der Waals surface area contributed by atoms with Crippen molar-refractivity contribution in [3.05, 3.63) is 100 Å². The second kappa shape index (κ2) is 14.3. The topological polar surface area (TPSA) is 86.8 Å². The molecule has 3 aromatic carbocycles. The predicted octanol–water partition coefficient (Wildman–Crippen LogP) is 5.92. The summed E-state index contributed by atoms with van der Waals surface area (Å²) < 4.78 is 28.0. The first kappa shape index (κ1) is 33.3. The lowest BCUT2D eigenvalue weighted by Crippen LogP contribution is -2.53. The smallest absolute Gasteiger partial charge is 0.244 e. The van der Waals surface area contributed by atoms with Gasteiger partial charge in [-0.15, -0.1) is 0 Å². The molecule has 0 saturated carbocycles. The van der Waals surface area contributed by atoms with Gasteiger partial charge in [-0.1, -0.05) is 105 Å². The molecule has 0 heterocycles. The molecule has 0 spiro atoms. The number of anilines is 1. The highest BCUT2D eigenvalue weighted by Crippen LogP contribution is 2.26. The van der Waals surface area contributed by atoms with Gasteiger partial charge in [0.05, 0.1) is 11.9 Å². The van der Waals surface area contributed by atoms with Gasteiger partial charge in [-0.3, -0.25) is 13.9 Å². The molecule has 0 fully saturated rings. The molecule has 0 aliphatic rings. The van der Waals surface area contributed by atoms with Gasteiger partial charge in [-0.2, -0.15) is 0 Å². The zero-order valence-electron chi connectivity index (χ0n) is 25.3. The van der Waals surface area contributed by atoms with E-state index in [1.807, 2.05) is 80.6 Å². The number of rotatable bonds is 12. The second-order valence-electron chi connectivity index (χ2n) is 12.1. The van der Waals surface area contributed by atoms with Crippen molar-refractivity contribution in [2.75, 3.05) is 23.7 Å². The van der Waals surface area contributed by atoms with Crippen LogP contribution in [0.3, 0.4) is 0 Å². The maximum Gasteiger partial charge on any atom is 0.244 e. The van der Waals surface area contributed by atoms with E-state index in [0.29, 0.717) is 12.2 Å². The molecule has 9 heteroatoms. The quantitative estimate of drug-likeness (QED) is 0.262. The highest BCUT2D eigenvalue weighted by molar-refractivity contribution is 9.10. The number of sulfonamides is 1. The van der Waals surface area contributed by atoms with Gasteiger partial charge in [0.1, 0.15) is 12.6 Å². The average molecular weight is 657 g/mol. The third-order valence-corrected chi connectivity index (χ3v) is 8.53. The predicted molar refractivity (Wildman–Crippen MR) is 174 cm³/mol. The molecule has 42 heavy (non-hydrogen) atoms. The number of carbonyl (C=O) groups excluding carboxylic acids is 2. The van der Waals surface area contributed by atoms with E-state index < -0.39 is 28.5 Å². The van der Waals surface area contributed by atoms with Crippen molar-refractivity contribution in [1.82, 2.24) is 10.2 Å². The molecule has 3 aromatic rings. The Labute approximate surface area is 259 Å². The highest BCUT2D eigenvalue weighted by Gasteiger charge is 2.33. The first-order chi connectivity index (χ1) is 19.6. The molecule has 0 bridgehead atoms. The van der Waals surface area contributed by atoms with E-state index in [1.54, 1.807) is 12.1 Å². The molecule has 2 amide bonds. The van der Waals surface area contributed by atoms with E-state index in [9.17, 15) is 18.0 Å². The van der Waals surface area contributed by atoms with Crippen molar-refractivity contribution >= 4 is 43.5 Å². The summed E-state index contributed by atoms with van der Waals surface area (Å²) in [6.07, 6.45) is 1.37. The van der Waals surface area contributed by atoms with Gasteiger partial charge in [0.2, 0.25) is 21.8 Å². The summed E-state index contributed by atoms with van der Waals surface area (Å²) in [7, 11) is -3.82. The first-order valence-corrected chi connectivity index (χ1v) is 16.7. The minimum Gasteiger partial charge on any atom is -0.354 e.